The predicted octanol–water partition coefficient (Wildman–Crippen LogP) is 2.76. The molecule has 0 aliphatic rings. The molecule has 1 amide bonds. The van der Waals surface area contributed by atoms with Gasteiger partial charge in [-0.05, 0) is 42.5 Å². The highest BCUT2D eigenvalue weighted by molar-refractivity contribution is 7.89. The summed E-state index contributed by atoms with van der Waals surface area (Å²) in [5.74, 6) is -1.27. The van der Waals surface area contributed by atoms with E-state index in [1.54, 1.807) is 0 Å². The quantitative estimate of drug-likeness (QED) is 0.788. The topological polar surface area (TPSA) is 75.3 Å². The van der Waals surface area contributed by atoms with Gasteiger partial charge < -0.3 is 5.32 Å². The normalized spacial score (nSPS) is 12.0. The third-order valence-electron chi connectivity index (χ3n) is 3.02. The van der Waals surface area contributed by atoms with Gasteiger partial charge in [-0.15, -0.1) is 0 Å². The number of sulfonamides is 1. The fourth-order valence-corrected chi connectivity index (χ4v) is 2.85. The van der Waals surface area contributed by atoms with Gasteiger partial charge in [0.1, 0.15) is 5.82 Å². The van der Waals surface area contributed by atoms with E-state index in [2.05, 4.69) is 5.32 Å². The summed E-state index contributed by atoms with van der Waals surface area (Å²) in [7, 11) is -4.31. The van der Waals surface area contributed by atoms with E-state index in [4.69, 9.17) is 0 Å². The van der Waals surface area contributed by atoms with E-state index < -0.39 is 44.9 Å². The highest BCUT2D eigenvalue weighted by atomic mass is 32.2. The first-order valence-corrected chi connectivity index (χ1v) is 8.28. The third-order valence-corrected chi connectivity index (χ3v) is 4.42. The highest BCUT2D eigenvalue weighted by Gasteiger charge is 2.31. The van der Waals surface area contributed by atoms with Crippen LogP contribution in [0.2, 0.25) is 0 Å². The summed E-state index contributed by atoms with van der Waals surface area (Å²) >= 11 is 0. The van der Waals surface area contributed by atoms with Crippen molar-refractivity contribution in [2.45, 2.75) is 11.1 Å². The van der Waals surface area contributed by atoms with Crippen molar-refractivity contribution in [1.82, 2.24) is 4.72 Å². The van der Waals surface area contributed by atoms with Crippen molar-refractivity contribution >= 4 is 21.6 Å². The Bertz CT molecular complexity index is 865. The van der Waals surface area contributed by atoms with Crippen molar-refractivity contribution in [3.63, 3.8) is 0 Å². The van der Waals surface area contributed by atoms with E-state index in [0.717, 1.165) is 30.3 Å². The monoisotopic (exact) mass is 376 g/mol. The largest absolute Gasteiger partial charge is 0.416 e. The van der Waals surface area contributed by atoms with Gasteiger partial charge in [-0.25, -0.2) is 17.5 Å². The minimum atomic E-state index is -4.69. The Kier molecular flexibility index (Phi) is 5.43. The third kappa shape index (κ3) is 5.26. The number of alkyl halides is 3. The summed E-state index contributed by atoms with van der Waals surface area (Å²) in [4.78, 5) is 11.1. The minimum absolute atomic E-state index is 0.240. The zero-order chi connectivity index (χ0) is 18.7. The number of carbonyl (C=O) groups is 1. The molecule has 5 nitrogen and oxygen atoms in total. The van der Waals surface area contributed by atoms with Crippen LogP contribution in [-0.2, 0) is 21.0 Å². The second-order valence-electron chi connectivity index (χ2n) is 4.91. The average Bonchev–Trinajstić information content (AvgIpc) is 2.55. The van der Waals surface area contributed by atoms with Gasteiger partial charge >= 0.3 is 6.18 Å². The SMILES string of the molecule is O=C(CNS(=O)(=O)c1cccc(C(F)(F)F)c1)Nc1ccc(F)cc1. The Morgan fingerprint density at radius 2 is 1.68 bits per heavy atom. The Labute approximate surface area is 140 Å². The van der Waals surface area contributed by atoms with E-state index in [0.29, 0.717) is 6.07 Å². The number of amides is 1. The molecule has 0 fully saturated rings. The van der Waals surface area contributed by atoms with Crippen molar-refractivity contribution in [3.05, 3.63) is 59.9 Å². The fraction of sp³-hybridized carbons (Fsp3) is 0.133. The Balaban J connectivity index is 2.04. The molecule has 2 rings (SSSR count). The van der Waals surface area contributed by atoms with Crippen LogP contribution in [0.3, 0.4) is 0 Å². The lowest BCUT2D eigenvalue weighted by Crippen LogP contribution is -2.33. The van der Waals surface area contributed by atoms with Gasteiger partial charge in [0, 0.05) is 5.69 Å². The minimum Gasteiger partial charge on any atom is -0.325 e. The van der Waals surface area contributed by atoms with Crippen LogP contribution in [0.15, 0.2) is 53.4 Å². The second-order valence-corrected chi connectivity index (χ2v) is 6.67. The molecule has 0 spiro atoms. The number of rotatable bonds is 5. The number of benzene rings is 2. The van der Waals surface area contributed by atoms with Crippen molar-refractivity contribution in [1.29, 1.82) is 0 Å². The van der Waals surface area contributed by atoms with E-state index in [-0.39, 0.29) is 5.69 Å². The molecule has 0 unspecified atom stereocenters. The Hall–Kier alpha value is -2.46. The molecule has 10 heteroatoms. The highest BCUT2D eigenvalue weighted by Crippen LogP contribution is 2.30. The standard InChI is InChI=1S/C15H12F4N2O3S/c16-11-4-6-12(7-5-11)21-14(22)9-20-25(23,24)13-3-1-2-10(8-13)15(17,18)19/h1-8,20H,9H2,(H,21,22). The number of anilines is 1. The Morgan fingerprint density at radius 1 is 1.04 bits per heavy atom. The van der Waals surface area contributed by atoms with E-state index in [1.165, 1.54) is 12.1 Å². The van der Waals surface area contributed by atoms with Crippen molar-refractivity contribution in [3.8, 4) is 0 Å². The maximum atomic E-state index is 12.7. The van der Waals surface area contributed by atoms with E-state index in [1.807, 2.05) is 4.72 Å². The fourth-order valence-electron chi connectivity index (χ4n) is 1.82. The summed E-state index contributed by atoms with van der Waals surface area (Å²) in [5.41, 5.74) is -0.879. The van der Waals surface area contributed by atoms with Crippen LogP contribution in [0, 0.1) is 5.82 Å². The first-order valence-electron chi connectivity index (χ1n) is 6.80. The second kappa shape index (κ2) is 7.19. The van der Waals surface area contributed by atoms with Crippen LogP contribution in [-0.4, -0.2) is 20.9 Å². The summed E-state index contributed by atoms with van der Waals surface area (Å²) < 4.78 is 76.6. The number of carbonyl (C=O) groups excluding carboxylic acids is 1. The van der Waals surface area contributed by atoms with Gasteiger partial charge in [0.05, 0.1) is 17.0 Å². The maximum absolute atomic E-state index is 12.7. The van der Waals surface area contributed by atoms with Crippen molar-refractivity contribution < 1.29 is 30.8 Å². The Morgan fingerprint density at radius 3 is 2.28 bits per heavy atom. The summed E-state index contributed by atoms with van der Waals surface area (Å²) in [6, 6.07) is 7.89. The van der Waals surface area contributed by atoms with Crippen LogP contribution in [0.25, 0.3) is 0 Å². The molecule has 134 valence electrons. The molecule has 2 N–H and O–H groups in total. The molecule has 25 heavy (non-hydrogen) atoms. The predicted molar refractivity (Wildman–Crippen MR) is 81.7 cm³/mol. The lowest BCUT2D eigenvalue weighted by atomic mass is 10.2. The molecule has 0 aliphatic carbocycles. The van der Waals surface area contributed by atoms with Crippen LogP contribution in [0.1, 0.15) is 5.56 Å². The molecular formula is C15H12F4N2O3S. The van der Waals surface area contributed by atoms with Crippen LogP contribution >= 0.6 is 0 Å². The summed E-state index contributed by atoms with van der Waals surface area (Å²) in [6.45, 7) is -0.698. The number of halogens is 4. The smallest absolute Gasteiger partial charge is 0.325 e. The molecule has 0 radical (unpaired) electrons. The number of nitrogens with one attached hydrogen (secondary N) is 2. The average molecular weight is 376 g/mol. The van der Waals surface area contributed by atoms with E-state index in [9.17, 15) is 30.8 Å². The van der Waals surface area contributed by atoms with Crippen molar-refractivity contribution in [2.75, 3.05) is 11.9 Å². The first kappa shape index (κ1) is 18.9. The molecule has 0 aliphatic heterocycles. The van der Waals surface area contributed by atoms with Gasteiger partial charge in [0.25, 0.3) is 0 Å². The lowest BCUT2D eigenvalue weighted by molar-refractivity contribution is -0.137. The molecule has 0 heterocycles. The number of hydrogen-bond acceptors (Lipinski definition) is 3. The zero-order valence-electron chi connectivity index (χ0n) is 12.5. The number of hydrogen-bond donors (Lipinski definition) is 2. The molecule has 2 aromatic carbocycles. The molecule has 0 saturated heterocycles. The molecule has 0 aromatic heterocycles. The summed E-state index contributed by atoms with van der Waals surface area (Å²) in [5, 5.41) is 2.32. The zero-order valence-corrected chi connectivity index (χ0v) is 13.3. The van der Waals surface area contributed by atoms with Crippen LogP contribution in [0.5, 0.6) is 0 Å². The molecule has 0 atom stereocenters. The van der Waals surface area contributed by atoms with Crippen LogP contribution < -0.4 is 10.0 Å². The van der Waals surface area contributed by atoms with Gasteiger partial charge in [-0.1, -0.05) is 6.07 Å². The molecule has 0 saturated carbocycles. The van der Waals surface area contributed by atoms with Crippen LogP contribution in [0.4, 0.5) is 23.2 Å². The van der Waals surface area contributed by atoms with Gasteiger partial charge in [0.2, 0.25) is 15.9 Å². The van der Waals surface area contributed by atoms with E-state index >= 15 is 0 Å². The van der Waals surface area contributed by atoms with Gasteiger partial charge in [-0.2, -0.15) is 13.2 Å². The molecule has 0 bridgehead atoms. The lowest BCUT2D eigenvalue weighted by Gasteiger charge is -2.10. The van der Waals surface area contributed by atoms with Gasteiger partial charge in [0.15, 0.2) is 0 Å². The first-order chi connectivity index (χ1) is 11.6. The molecule has 2 aromatic rings. The molecular weight excluding hydrogens is 364 g/mol. The summed E-state index contributed by atoms with van der Waals surface area (Å²) in [6.07, 6.45) is -4.69. The van der Waals surface area contributed by atoms with Gasteiger partial charge in [-0.3, -0.25) is 4.79 Å². The maximum Gasteiger partial charge on any atom is 0.416 e. The van der Waals surface area contributed by atoms with Crippen molar-refractivity contribution in [2.24, 2.45) is 0 Å².